The summed E-state index contributed by atoms with van der Waals surface area (Å²) >= 11 is 1.09. The number of ketones is 2. The molecule has 7 heteroatoms. The van der Waals surface area contributed by atoms with Gasteiger partial charge in [-0.25, -0.2) is 9.59 Å². The molecule has 0 spiro atoms. The number of carboxylic acids is 2. The molecule has 128 valence electrons. The first kappa shape index (κ1) is 18.4. The fourth-order valence-electron chi connectivity index (χ4n) is 2.05. The Labute approximate surface area is 147 Å². The molecule has 0 saturated carbocycles. The van der Waals surface area contributed by atoms with Gasteiger partial charge in [-0.15, -0.1) is 11.8 Å². The Hall–Kier alpha value is -2.93. The minimum atomic E-state index is -1.12. The molecule has 0 unspecified atom stereocenters. The molecule has 0 radical (unpaired) electrons. The molecule has 0 aliphatic heterocycles. The van der Waals surface area contributed by atoms with Gasteiger partial charge in [0.05, 0.1) is 22.6 Å². The predicted octanol–water partition coefficient (Wildman–Crippen LogP) is 2.88. The van der Waals surface area contributed by atoms with Crippen LogP contribution >= 0.6 is 11.8 Å². The summed E-state index contributed by atoms with van der Waals surface area (Å²) in [5.41, 5.74) is 0.593. The fraction of sp³-hybridized carbons (Fsp3) is 0.111. The molecule has 25 heavy (non-hydrogen) atoms. The number of Topliss-reactive ketones (excluding diaryl/α,β-unsaturated/α-hetero) is 2. The van der Waals surface area contributed by atoms with Gasteiger partial charge >= 0.3 is 11.9 Å². The summed E-state index contributed by atoms with van der Waals surface area (Å²) < 4.78 is 0. The third-order valence-electron chi connectivity index (χ3n) is 3.33. The minimum Gasteiger partial charge on any atom is -0.478 e. The number of benzene rings is 2. The number of aromatic carboxylic acids is 2. The molecule has 6 nitrogen and oxygen atoms in total. The van der Waals surface area contributed by atoms with Crippen molar-refractivity contribution in [2.24, 2.45) is 0 Å². The van der Waals surface area contributed by atoms with E-state index in [9.17, 15) is 19.2 Å². The van der Waals surface area contributed by atoms with Gasteiger partial charge in [0.25, 0.3) is 0 Å². The van der Waals surface area contributed by atoms with Crippen LogP contribution in [0.1, 0.15) is 41.4 Å². The summed E-state index contributed by atoms with van der Waals surface area (Å²) in [5.74, 6) is -2.74. The van der Waals surface area contributed by atoms with E-state index in [4.69, 9.17) is 10.2 Å². The molecule has 0 atom stereocenters. The Morgan fingerprint density at radius 1 is 0.680 bits per heavy atom. The smallest absolute Gasteiger partial charge is 0.335 e. The van der Waals surface area contributed by atoms with Crippen LogP contribution in [0.15, 0.2) is 48.5 Å². The summed E-state index contributed by atoms with van der Waals surface area (Å²) in [6.45, 7) is 0. The number of rotatable bonds is 8. The number of thioether (sulfide) groups is 1. The molecular formula is C18H14O6S. The highest BCUT2D eigenvalue weighted by Crippen LogP contribution is 2.13. The quantitative estimate of drug-likeness (QED) is 0.698. The standard InChI is InChI=1S/C18H14O6S/c19-15(11-3-1-5-13(7-11)17(21)22)9-25-10-16(20)12-4-2-6-14(8-12)18(23)24/h1-8H,9-10H2,(H,21,22)(H,23,24). The molecule has 0 aliphatic rings. The van der Waals surface area contributed by atoms with E-state index in [2.05, 4.69) is 0 Å². The van der Waals surface area contributed by atoms with Crippen LogP contribution in [0.25, 0.3) is 0 Å². The molecule has 0 bridgehead atoms. The van der Waals surface area contributed by atoms with Crippen molar-refractivity contribution in [1.82, 2.24) is 0 Å². The van der Waals surface area contributed by atoms with E-state index in [1.165, 1.54) is 48.5 Å². The highest BCUT2D eigenvalue weighted by Gasteiger charge is 2.13. The van der Waals surface area contributed by atoms with Crippen LogP contribution in [-0.2, 0) is 0 Å². The molecule has 2 N–H and O–H groups in total. The topological polar surface area (TPSA) is 109 Å². The van der Waals surface area contributed by atoms with E-state index in [1.807, 2.05) is 0 Å². The molecular weight excluding hydrogens is 344 g/mol. The Morgan fingerprint density at radius 3 is 1.40 bits per heavy atom. The zero-order chi connectivity index (χ0) is 18.4. The first-order chi connectivity index (χ1) is 11.9. The van der Waals surface area contributed by atoms with E-state index in [0.29, 0.717) is 0 Å². The highest BCUT2D eigenvalue weighted by molar-refractivity contribution is 8.00. The molecule has 0 heterocycles. The van der Waals surface area contributed by atoms with Gasteiger partial charge in [-0.05, 0) is 24.3 Å². The van der Waals surface area contributed by atoms with E-state index in [1.54, 1.807) is 0 Å². The van der Waals surface area contributed by atoms with E-state index < -0.39 is 11.9 Å². The second kappa shape index (κ2) is 8.25. The maximum atomic E-state index is 12.1. The second-order valence-electron chi connectivity index (χ2n) is 5.11. The highest BCUT2D eigenvalue weighted by atomic mass is 32.2. The van der Waals surface area contributed by atoms with Crippen molar-refractivity contribution < 1.29 is 29.4 Å². The lowest BCUT2D eigenvalue weighted by molar-refractivity contribution is 0.0686. The minimum absolute atomic E-state index is 0.0213. The number of hydrogen-bond donors (Lipinski definition) is 2. The van der Waals surface area contributed by atoms with E-state index in [0.717, 1.165) is 11.8 Å². The number of carbonyl (C=O) groups is 4. The van der Waals surface area contributed by atoms with Gasteiger partial charge in [0.2, 0.25) is 0 Å². The third-order valence-corrected chi connectivity index (χ3v) is 4.26. The summed E-state index contributed by atoms with van der Waals surface area (Å²) in [7, 11) is 0. The predicted molar refractivity (Wildman–Crippen MR) is 92.8 cm³/mol. The van der Waals surface area contributed by atoms with Gasteiger partial charge in [0.1, 0.15) is 0 Å². The van der Waals surface area contributed by atoms with Crippen molar-refractivity contribution in [1.29, 1.82) is 0 Å². The average molecular weight is 358 g/mol. The van der Waals surface area contributed by atoms with Crippen molar-refractivity contribution in [2.45, 2.75) is 0 Å². The van der Waals surface area contributed by atoms with Gasteiger partial charge in [-0.3, -0.25) is 9.59 Å². The Kier molecular flexibility index (Phi) is 6.08. The van der Waals surface area contributed by atoms with Crippen LogP contribution in [0.2, 0.25) is 0 Å². The molecule has 2 aromatic carbocycles. The molecule has 2 rings (SSSR count). The van der Waals surface area contributed by atoms with Crippen molar-refractivity contribution in [3.8, 4) is 0 Å². The molecule has 2 aromatic rings. The largest absolute Gasteiger partial charge is 0.478 e. The van der Waals surface area contributed by atoms with Crippen LogP contribution in [0.3, 0.4) is 0 Å². The number of hydrogen-bond acceptors (Lipinski definition) is 5. The first-order valence-corrected chi connectivity index (χ1v) is 8.35. The van der Waals surface area contributed by atoms with Gasteiger partial charge in [0.15, 0.2) is 11.6 Å². The van der Waals surface area contributed by atoms with Crippen LogP contribution in [0.5, 0.6) is 0 Å². The Bertz CT molecular complexity index is 773. The van der Waals surface area contributed by atoms with Crippen LogP contribution in [0.4, 0.5) is 0 Å². The molecule has 0 aromatic heterocycles. The van der Waals surface area contributed by atoms with Crippen molar-refractivity contribution >= 4 is 35.3 Å². The zero-order valence-corrected chi connectivity index (χ0v) is 13.8. The van der Waals surface area contributed by atoms with E-state index in [-0.39, 0.29) is 45.3 Å². The summed E-state index contributed by atoms with van der Waals surface area (Å²) in [6.07, 6.45) is 0. The summed E-state index contributed by atoms with van der Waals surface area (Å²) in [5, 5.41) is 17.8. The Morgan fingerprint density at radius 2 is 1.04 bits per heavy atom. The molecule has 0 fully saturated rings. The van der Waals surface area contributed by atoms with Gasteiger partial charge < -0.3 is 10.2 Å². The van der Waals surface area contributed by atoms with Crippen molar-refractivity contribution in [3.63, 3.8) is 0 Å². The number of carbonyl (C=O) groups excluding carboxylic acids is 2. The maximum Gasteiger partial charge on any atom is 0.335 e. The first-order valence-electron chi connectivity index (χ1n) is 7.19. The maximum absolute atomic E-state index is 12.1. The summed E-state index contributed by atoms with van der Waals surface area (Å²) in [6, 6.07) is 11.4. The average Bonchev–Trinajstić information content (AvgIpc) is 2.61. The SMILES string of the molecule is O=C(O)c1cccc(C(=O)CSCC(=O)c2cccc(C(=O)O)c2)c1. The number of carboxylic acid groups (broad SMARTS) is 2. The van der Waals surface area contributed by atoms with Crippen molar-refractivity contribution in [3.05, 3.63) is 70.8 Å². The third kappa shape index (κ3) is 5.02. The van der Waals surface area contributed by atoms with Gasteiger partial charge in [0, 0.05) is 11.1 Å². The monoisotopic (exact) mass is 358 g/mol. The lowest BCUT2D eigenvalue weighted by Gasteiger charge is -2.04. The molecule has 0 saturated heterocycles. The normalized spacial score (nSPS) is 10.2. The zero-order valence-electron chi connectivity index (χ0n) is 13.0. The van der Waals surface area contributed by atoms with Gasteiger partial charge in [-0.1, -0.05) is 24.3 Å². The molecule has 0 amide bonds. The fourth-order valence-corrected chi connectivity index (χ4v) is 2.86. The lowest BCUT2D eigenvalue weighted by Crippen LogP contribution is -2.09. The van der Waals surface area contributed by atoms with Crippen LogP contribution < -0.4 is 0 Å². The molecule has 0 aliphatic carbocycles. The van der Waals surface area contributed by atoms with E-state index >= 15 is 0 Å². The Balaban J connectivity index is 1.94. The van der Waals surface area contributed by atoms with Crippen LogP contribution in [0, 0.1) is 0 Å². The van der Waals surface area contributed by atoms with Gasteiger partial charge in [-0.2, -0.15) is 0 Å². The second-order valence-corrected chi connectivity index (χ2v) is 6.10. The van der Waals surface area contributed by atoms with Crippen LogP contribution in [-0.4, -0.2) is 45.2 Å². The lowest BCUT2D eigenvalue weighted by atomic mass is 10.1. The van der Waals surface area contributed by atoms with Crippen molar-refractivity contribution in [2.75, 3.05) is 11.5 Å². The summed E-state index contributed by atoms with van der Waals surface area (Å²) in [4.78, 5) is 46.0.